The topological polar surface area (TPSA) is 76.3 Å². The largest absolute Gasteiger partial charge is 0.504 e. The predicted molar refractivity (Wildman–Crippen MR) is 42.1 cm³/mol. The number of pyridine rings is 1. The lowest BCUT2D eigenvalue weighted by Crippen LogP contribution is -1.93. The van der Waals surface area contributed by atoms with E-state index in [0.717, 1.165) is 12.3 Å². The first kappa shape index (κ1) is 8.73. The second-order valence-corrected chi connectivity index (χ2v) is 2.33. The molecule has 5 nitrogen and oxygen atoms in total. The Bertz CT molecular complexity index is 316. The van der Waals surface area contributed by atoms with Crippen molar-refractivity contribution in [2.24, 2.45) is 0 Å². The molecule has 0 aliphatic heterocycles. The zero-order chi connectivity index (χ0) is 9.14. The van der Waals surface area contributed by atoms with Crippen molar-refractivity contribution in [2.75, 3.05) is 0 Å². The molecule has 0 unspecified atom stereocenters. The number of rotatable bonds is 2. The molecule has 1 heterocycles. The van der Waals surface area contributed by atoms with Crippen LogP contribution in [0.5, 0.6) is 5.75 Å². The Morgan fingerprint density at radius 2 is 2.42 bits per heavy atom. The lowest BCUT2D eigenvalue weighted by molar-refractivity contribution is -0.389. The van der Waals surface area contributed by atoms with E-state index in [9.17, 15) is 10.1 Å². The van der Waals surface area contributed by atoms with E-state index >= 15 is 0 Å². The molecular formula is C6H5ClN2O3. The van der Waals surface area contributed by atoms with Crippen LogP contribution in [0.25, 0.3) is 0 Å². The standard InChI is InChI=1S/C6H5ClN2O3/c7-2-4-1-6(9(11)12)8-3-5(4)10/h1,3,10H,2H2. The first-order valence-electron chi connectivity index (χ1n) is 3.03. The number of nitrogens with zero attached hydrogens (tertiary/aromatic N) is 2. The number of hydrogen-bond acceptors (Lipinski definition) is 4. The van der Waals surface area contributed by atoms with Gasteiger partial charge in [0.25, 0.3) is 0 Å². The molecule has 0 aliphatic carbocycles. The number of halogens is 1. The molecule has 0 aromatic carbocycles. The number of hydrogen-bond donors (Lipinski definition) is 1. The van der Waals surface area contributed by atoms with Gasteiger partial charge in [0.15, 0.2) is 11.9 Å². The highest BCUT2D eigenvalue weighted by Crippen LogP contribution is 2.21. The number of aromatic hydroxyl groups is 1. The van der Waals surface area contributed by atoms with Crippen LogP contribution in [0.1, 0.15) is 5.56 Å². The SMILES string of the molecule is O=[N+]([O-])c1cc(CCl)c(O)cn1. The fourth-order valence-corrected chi connectivity index (χ4v) is 0.898. The second-order valence-electron chi connectivity index (χ2n) is 2.06. The van der Waals surface area contributed by atoms with Crippen LogP contribution < -0.4 is 0 Å². The maximum Gasteiger partial charge on any atom is 0.363 e. The molecule has 0 fully saturated rings. The van der Waals surface area contributed by atoms with Crippen molar-refractivity contribution in [1.82, 2.24) is 4.98 Å². The third-order valence-corrected chi connectivity index (χ3v) is 1.57. The van der Waals surface area contributed by atoms with Crippen molar-refractivity contribution in [3.8, 4) is 5.75 Å². The summed E-state index contributed by atoms with van der Waals surface area (Å²) in [5.41, 5.74) is 0.304. The summed E-state index contributed by atoms with van der Waals surface area (Å²) in [7, 11) is 0. The van der Waals surface area contributed by atoms with Gasteiger partial charge in [0.1, 0.15) is 0 Å². The molecule has 0 amide bonds. The fourth-order valence-electron chi connectivity index (χ4n) is 0.684. The first-order chi connectivity index (χ1) is 5.65. The summed E-state index contributed by atoms with van der Waals surface area (Å²) in [6.07, 6.45) is 1.01. The fraction of sp³-hybridized carbons (Fsp3) is 0.167. The minimum atomic E-state index is -0.643. The minimum absolute atomic E-state index is 0.0230. The molecule has 0 saturated carbocycles. The monoisotopic (exact) mass is 188 g/mol. The van der Waals surface area contributed by atoms with Gasteiger partial charge in [-0.2, -0.15) is 0 Å². The summed E-state index contributed by atoms with van der Waals surface area (Å²) < 4.78 is 0. The van der Waals surface area contributed by atoms with Crippen LogP contribution in [0, 0.1) is 10.1 Å². The van der Waals surface area contributed by atoms with Crippen molar-refractivity contribution >= 4 is 17.4 Å². The van der Waals surface area contributed by atoms with E-state index in [2.05, 4.69) is 4.98 Å². The molecular weight excluding hydrogens is 184 g/mol. The van der Waals surface area contributed by atoms with Crippen LogP contribution in [-0.2, 0) is 5.88 Å². The summed E-state index contributed by atoms with van der Waals surface area (Å²) in [5.74, 6) is -0.422. The minimum Gasteiger partial charge on any atom is -0.504 e. The van der Waals surface area contributed by atoms with Gasteiger partial charge in [-0.05, 0) is 9.91 Å². The Morgan fingerprint density at radius 1 is 1.75 bits per heavy atom. The Hall–Kier alpha value is -1.36. The molecule has 0 atom stereocenters. The highest BCUT2D eigenvalue weighted by Gasteiger charge is 2.11. The summed E-state index contributed by atoms with van der Waals surface area (Å²) in [6.45, 7) is 0. The Labute approximate surface area is 72.8 Å². The lowest BCUT2D eigenvalue weighted by Gasteiger charge is -1.96. The molecule has 0 saturated heterocycles. The Morgan fingerprint density at radius 3 is 2.92 bits per heavy atom. The van der Waals surface area contributed by atoms with Crippen molar-refractivity contribution in [2.45, 2.75) is 5.88 Å². The first-order valence-corrected chi connectivity index (χ1v) is 3.57. The zero-order valence-corrected chi connectivity index (χ0v) is 6.65. The average molecular weight is 189 g/mol. The van der Waals surface area contributed by atoms with Gasteiger partial charge >= 0.3 is 5.82 Å². The number of nitro groups is 1. The molecule has 1 N–H and O–H groups in total. The maximum absolute atomic E-state index is 10.2. The van der Waals surface area contributed by atoms with Crippen molar-refractivity contribution in [1.29, 1.82) is 0 Å². The maximum atomic E-state index is 10.2. The van der Waals surface area contributed by atoms with Crippen molar-refractivity contribution in [3.63, 3.8) is 0 Å². The normalized spacial score (nSPS) is 9.75. The number of alkyl halides is 1. The summed E-state index contributed by atoms with van der Waals surface area (Å²) in [4.78, 5) is 12.9. The number of aromatic nitrogens is 1. The van der Waals surface area contributed by atoms with E-state index in [0.29, 0.717) is 5.56 Å². The van der Waals surface area contributed by atoms with Gasteiger partial charge in [-0.1, -0.05) is 0 Å². The van der Waals surface area contributed by atoms with E-state index in [1.54, 1.807) is 0 Å². The average Bonchev–Trinajstić information content (AvgIpc) is 2.05. The highest BCUT2D eigenvalue weighted by atomic mass is 35.5. The van der Waals surface area contributed by atoms with E-state index in [1.807, 2.05) is 0 Å². The summed E-state index contributed by atoms with van der Waals surface area (Å²) in [5, 5.41) is 19.2. The molecule has 1 rings (SSSR count). The van der Waals surface area contributed by atoms with Crippen LogP contribution in [0.2, 0.25) is 0 Å². The molecule has 0 spiro atoms. The molecule has 6 heteroatoms. The van der Waals surface area contributed by atoms with Crippen LogP contribution in [0.4, 0.5) is 5.82 Å². The van der Waals surface area contributed by atoms with Crippen molar-refractivity contribution < 1.29 is 10.0 Å². The third-order valence-electron chi connectivity index (χ3n) is 1.28. The predicted octanol–water partition coefficient (Wildman–Crippen LogP) is 1.43. The second kappa shape index (κ2) is 3.36. The lowest BCUT2D eigenvalue weighted by atomic mass is 10.3. The van der Waals surface area contributed by atoms with Gasteiger partial charge in [-0.3, -0.25) is 0 Å². The molecule has 0 radical (unpaired) electrons. The molecule has 12 heavy (non-hydrogen) atoms. The summed E-state index contributed by atoms with van der Waals surface area (Å²) in [6, 6.07) is 1.14. The molecule has 0 bridgehead atoms. The van der Waals surface area contributed by atoms with Crippen LogP contribution >= 0.6 is 11.6 Å². The Balaban J connectivity index is 3.13. The quantitative estimate of drug-likeness (QED) is 0.433. The van der Waals surface area contributed by atoms with Gasteiger partial charge in [0.2, 0.25) is 0 Å². The smallest absolute Gasteiger partial charge is 0.363 e. The van der Waals surface area contributed by atoms with E-state index in [-0.39, 0.29) is 17.4 Å². The van der Waals surface area contributed by atoms with E-state index < -0.39 is 4.92 Å². The van der Waals surface area contributed by atoms with Crippen molar-refractivity contribution in [3.05, 3.63) is 27.9 Å². The molecule has 1 aromatic heterocycles. The third kappa shape index (κ3) is 1.62. The zero-order valence-electron chi connectivity index (χ0n) is 5.90. The van der Waals surface area contributed by atoms with Gasteiger partial charge in [0.05, 0.1) is 5.88 Å². The van der Waals surface area contributed by atoms with Gasteiger partial charge in [-0.15, -0.1) is 11.6 Å². The van der Waals surface area contributed by atoms with Crippen LogP contribution in [-0.4, -0.2) is 15.0 Å². The molecule has 64 valence electrons. The van der Waals surface area contributed by atoms with Gasteiger partial charge < -0.3 is 15.2 Å². The summed E-state index contributed by atoms with van der Waals surface area (Å²) >= 11 is 5.40. The van der Waals surface area contributed by atoms with Gasteiger partial charge in [0, 0.05) is 11.6 Å². The Kier molecular flexibility index (Phi) is 2.44. The van der Waals surface area contributed by atoms with Gasteiger partial charge in [-0.25, -0.2) is 0 Å². The van der Waals surface area contributed by atoms with Crippen LogP contribution in [0.15, 0.2) is 12.3 Å². The van der Waals surface area contributed by atoms with E-state index in [4.69, 9.17) is 16.7 Å². The van der Waals surface area contributed by atoms with Crippen LogP contribution in [0.3, 0.4) is 0 Å². The highest BCUT2D eigenvalue weighted by molar-refractivity contribution is 6.17. The molecule has 1 aromatic rings. The molecule has 0 aliphatic rings. The van der Waals surface area contributed by atoms with E-state index in [1.165, 1.54) is 0 Å².